The minimum Gasteiger partial charge on any atom is -0.348 e. The summed E-state index contributed by atoms with van der Waals surface area (Å²) in [4.78, 5) is 12.2. The van der Waals surface area contributed by atoms with Gasteiger partial charge in [-0.3, -0.25) is 4.79 Å². The Morgan fingerprint density at radius 1 is 1.12 bits per heavy atom. The SMILES string of the molecule is Cc1nn(-c2ccc(C(=O)NCc3cc(F)cc(F)c3)cc2)c(C)c1Br. The summed E-state index contributed by atoms with van der Waals surface area (Å²) in [7, 11) is 0. The van der Waals surface area contributed by atoms with Gasteiger partial charge in [-0.05, 0) is 71.7 Å². The van der Waals surface area contributed by atoms with Crippen LogP contribution in [-0.4, -0.2) is 15.7 Å². The van der Waals surface area contributed by atoms with E-state index in [4.69, 9.17) is 0 Å². The molecular formula is C19H16BrF2N3O. The van der Waals surface area contributed by atoms with Crippen molar-refractivity contribution in [2.45, 2.75) is 20.4 Å². The number of nitrogens with one attached hydrogen (secondary N) is 1. The second-order valence-electron chi connectivity index (χ2n) is 5.90. The molecule has 1 amide bonds. The molecule has 0 saturated heterocycles. The lowest BCUT2D eigenvalue weighted by atomic mass is 10.1. The third kappa shape index (κ3) is 3.83. The third-order valence-corrected chi connectivity index (χ3v) is 5.10. The Morgan fingerprint density at radius 2 is 1.73 bits per heavy atom. The molecule has 3 rings (SSSR count). The second kappa shape index (κ2) is 7.37. The maximum atomic E-state index is 13.2. The van der Waals surface area contributed by atoms with E-state index in [1.54, 1.807) is 28.9 Å². The van der Waals surface area contributed by atoms with Crippen LogP contribution in [0.25, 0.3) is 5.69 Å². The van der Waals surface area contributed by atoms with Crippen LogP contribution in [0, 0.1) is 25.5 Å². The molecule has 0 aliphatic rings. The summed E-state index contributed by atoms with van der Waals surface area (Å²) in [6, 6.07) is 10.1. The third-order valence-electron chi connectivity index (χ3n) is 3.95. The number of hydrogen-bond acceptors (Lipinski definition) is 2. The molecule has 1 heterocycles. The molecule has 7 heteroatoms. The van der Waals surface area contributed by atoms with E-state index in [2.05, 4.69) is 26.3 Å². The Morgan fingerprint density at radius 3 is 2.27 bits per heavy atom. The van der Waals surface area contributed by atoms with Gasteiger partial charge >= 0.3 is 0 Å². The molecular weight excluding hydrogens is 404 g/mol. The van der Waals surface area contributed by atoms with Gasteiger partial charge < -0.3 is 5.32 Å². The molecule has 134 valence electrons. The molecule has 0 unspecified atom stereocenters. The van der Waals surface area contributed by atoms with Crippen molar-refractivity contribution in [3.8, 4) is 5.69 Å². The normalized spacial score (nSPS) is 10.8. The van der Waals surface area contributed by atoms with Crippen LogP contribution in [0.1, 0.15) is 27.3 Å². The Labute approximate surface area is 158 Å². The largest absolute Gasteiger partial charge is 0.348 e. The minimum atomic E-state index is -0.672. The number of benzene rings is 2. The van der Waals surface area contributed by atoms with Crippen LogP contribution < -0.4 is 5.32 Å². The zero-order valence-electron chi connectivity index (χ0n) is 14.2. The molecule has 0 aliphatic carbocycles. The van der Waals surface area contributed by atoms with Gasteiger partial charge in [-0.15, -0.1) is 0 Å². The highest BCUT2D eigenvalue weighted by molar-refractivity contribution is 9.10. The summed E-state index contributed by atoms with van der Waals surface area (Å²) < 4.78 is 29.1. The van der Waals surface area contributed by atoms with Gasteiger partial charge in [0.25, 0.3) is 5.91 Å². The number of hydrogen-bond donors (Lipinski definition) is 1. The van der Waals surface area contributed by atoms with Gasteiger partial charge in [-0.2, -0.15) is 5.10 Å². The lowest BCUT2D eigenvalue weighted by molar-refractivity contribution is 0.0951. The van der Waals surface area contributed by atoms with Crippen LogP contribution in [0.4, 0.5) is 8.78 Å². The van der Waals surface area contributed by atoms with Crippen LogP contribution in [0.3, 0.4) is 0 Å². The Balaban J connectivity index is 1.71. The van der Waals surface area contributed by atoms with Gasteiger partial charge in [0.15, 0.2) is 0 Å². The van der Waals surface area contributed by atoms with Crippen LogP contribution >= 0.6 is 15.9 Å². The number of aromatic nitrogens is 2. The van der Waals surface area contributed by atoms with Gasteiger partial charge in [0, 0.05) is 18.2 Å². The lowest BCUT2D eigenvalue weighted by Crippen LogP contribution is -2.22. The molecule has 3 aromatic rings. The fourth-order valence-electron chi connectivity index (χ4n) is 2.63. The Kier molecular flexibility index (Phi) is 5.18. The highest BCUT2D eigenvalue weighted by atomic mass is 79.9. The summed E-state index contributed by atoms with van der Waals surface area (Å²) >= 11 is 3.49. The fraction of sp³-hybridized carbons (Fsp3) is 0.158. The quantitative estimate of drug-likeness (QED) is 0.678. The molecule has 1 N–H and O–H groups in total. The van der Waals surface area contributed by atoms with Crippen molar-refractivity contribution in [3.63, 3.8) is 0 Å². The maximum absolute atomic E-state index is 13.2. The van der Waals surface area contributed by atoms with Gasteiger partial charge in [-0.1, -0.05) is 0 Å². The van der Waals surface area contributed by atoms with Crippen molar-refractivity contribution in [1.29, 1.82) is 0 Å². The summed E-state index contributed by atoms with van der Waals surface area (Å²) in [5.74, 6) is -1.67. The number of carbonyl (C=O) groups is 1. The van der Waals surface area contributed by atoms with Crippen molar-refractivity contribution < 1.29 is 13.6 Å². The van der Waals surface area contributed by atoms with E-state index in [0.29, 0.717) is 11.1 Å². The van der Waals surface area contributed by atoms with Crippen LogP contribution in [-0.2, 0) is 6.54 Å². The summed E-state index contributed by atoms with van der Waals surface area (Å²) in [6.07, 6.45) is 0. The summed E-state index contributed by atoms with van der Waals surface area (Å²) in [5, 5.41) is 7.10. The van der Waals surface area contributed by atoms with Crippen molar-refractivity contribution in [1.82, 2.24) is 15.1 Å². The molecule has 2 aromatic carbocycles. The number of amides is 1. The van der Waals surface area contributed by atoms with E-state index in [1.165, 1.54) is 12.1 Å². The monoisotopic (exact) mass is 419 g/mol. The summed E-state index contributed by atoms with van der Waals surface area (Å²) in [6.45, 7) is 3.90. The van der Waals surface area contributed by atoms with Gasteiger partial charge in [0.2, 0.25) is 0 Å². The number of carbonyl (C=O) groups excluding carboxylic acids is 1. The molecule has 0 aliphatic heterocycles. The van der Waals surface area contributed by atoms with Crippen LogP contribution in [0.2, 0.25) is 0 Å². The average Bonchev–Trinajstić information content (AvgIpc) is 2.86. The molecule has 0 radical (unpaired) electrons. The van der Waals surface area contributed by atoms with Crippen LogP contribution in [0.15, 0.2) is 46.9 Å². The predicted octanol–water partition coefficient (Wildman–Crippen LogP) is 4.46. The van der Waals surface area contributed by atoms with E-state index in [1.807, 2.05) is 13.8 Å². The second-order valence-corrected chi connectivity index (χ2v) is 6.70. The average molecular weight is 420 g/mol. The van der Waals surface area contributed by atoms with Crippen molar-refractivity contribution in [2.24, 2.45) is 0 Å². The number of nitrogens with zero attached hydrogens (tertiary/aromatic N) is 2. The van der Waals surface area contributed by atoms with Gasteiger partial charge in [0.05, 0.1) is 21.5 Å². The Bertz CT molecular complexity index is 947. The van der Waals surface area contributed by atoms with E-state index >= 15 is 0 Å². The highest BCUT2D eigenvalue weighted by Gasteiger charge is 2.11. The fourth-order valence-corrected chi connectivity index (χ4v) is 2.87. The molecule has 0 fully saturated rings. The molecule has 0 saturated carbocycles. The van der Waals surface area contributed by atoms with E-state index in [-0.39, 0.29) is 12.5 Å². The molecule has 0 atom stereocenters. The Hall–Kier alpha value is -2.54. The maximum Gasteiger partial charge on any atom is 0.251 e. The zero-order chi connectivity index (χ0) is 18.8. The highest BCUT2D eigenvalue weighted by Crippen LogP contribution is 2.23. The first-order chi connectivity index (χ1) is 12.3. The molecule has 1 aromatic heterocycles. The smallest absolute Gasteiger partial charge is 0.251 e. The number of halogens is 3. The molecule has 4 nitrogen and oxygen atoms in total. The van der Waals surface area contributed by atoms with Crippen molar-refractivity contribution in [3.05, 3.63) is 81.1 Å². The number of aryl methyl sites for hydroxylation is 1. The minimum absolute atomic E-state index is 0.0413. The first kappa shape index (κ1) is 18.3. The summed E-state index contributed by atoms with van der Waals surface area (Å²) in [5.41, 5.74) is 3.49. The van der Waals surface area contributed by atoms with E-state index < -0.39 is 11.6 Å². The topological polar surface area (TPSA) is 46.9 Å². The first-order valence-corrected chi connectivity index (χ1v) is 8.70. The van der Waals surface area contributed by atoms with Crippen molar-refractivity contribution >= 4 is 21.8 Å². The van der Waals surface area contributed by atoms with E-state index in [0.717, 1.165) is 27.6 Å². The zero-order valence-corrected chi connectivity index (χ0v) is 15.8. The van der Waals surface area contributed by atoms with Crippen molar-refractivity contribution in [2.75, 3.05) is 0 Å². The number of rotatable bonds is 4. The molecule has 0 spiro atoms. The first-order valence-electron chi connectivity index (χ1n) is 7.90. The lowest BCUT2D eigenvalue weighted by Gasteiger charge is -2.08. The standard InChI is InChI=1S/C19H16BrF2N3O/c1-11-18(20)12(2)25(24-11)17-5-3-14(4-6-17)19(26)23-10-13-7-15(21)9-16(22)8-13/h3-9H,10H2,1-2H3,(H,23,26). The molecule has 26 heavy (non-hydrogen) atoms. The van der Waals surface area contributed by atoms with Crippen LogP contribution in [0.5, 0.6) is 0 Å². The molecule has 0 bridgehead atoms. The predicted molar refractivity (Wildman–Crippen MR) is 98.3 cm³/mol. The van der Waals surface area contributed by atoms with Gasteiger partial charge in [0.1, 0.15) is 11.6 Å². The van der Waals surface area contributed by atoms with Gasteiger partial charge in [-0.25, -0.2) is 13.5 Å². The van der Waals surface area contributed by atoms with E-state index in [9.17, 15) is 13.6 Å².